The number of halogens is 1. The number of hydrogen-bond donors (Lipinski definition) is 3. The van der Waals surface area contributed by atoms with Gasteiger partial charge >= 0.3 is 0 Å². The monoisotopic (exact) mass is 736 g/mol. The summed E-state index contributed by atoms with van der Waals surface area (Å²) in [4.78, 5) is 17.0. The average molecular weight is 737 g/mol. The van der Waals surface area contributed by atoms with E-state index in [2.05, 4.69) is 67.6 Å². The van der Waals surface area contributed by atoms with Crippen molar-refractivity contribution in [1.29, 1.82) is 0 Å². The molecule has 0 atom stereocenters. The number of anilines is 2. The molecule has 4 aromatic heterocycles. The molecule has 4 aromatic rings. The Morgan fingerprint density at radius 3 is 1.57 bits per heavy atom. The summed E-state index contributed by atoms with van der Waals surface area (Å²) in [7, 11) is -1.78. The van der Waals surface area contributed by atoms with E-state index in [1.165, 1.54) is 16.1 Å². The lowest BCUT2D eigenvalue weighted by Gasteiger charge is -2.30. The lowest BCUT2D eigenvalue weighted by Crippen LogP contribution is -2.38. The Morgan fingerprint density at radius 2 is 1.16 bits per heavy atom. The van der Waals surface area contributed by atoms with Crippen molar-refractivity contribution in [2.75, 3.05) is 49.3 Å². The second-order valence-electron chi connectivity index (χ2n) is 12.0. The van der Waals surface area contributed by atoms with E-state index in [1.54, 1.807) is 24.8 Å². The molecule has 0 unspecified atom stereocenters. The van der Waals surface area contributed by atoms with Crippen LogP contribution in [0.4, 0.5) is 11.6 Å². The lowest BCUT2D eigenvalue weighted by atomic mass is 10.1. The summed E-state index contributed by atoms with van der Waals surface area (Å²) >= 11 is 0. The molecule has 2 aliphatic heterocycles. The summed E-state index contributed by atoms with van der Waals surface area (Å²) < 4.78 is 47.5. The number of aryl methyl sites for hydroxylation is 2. The van der Waals surface area contributed by atoms with Crippen molar-refractivity contribution in [2.24, 2.45) is 0 Å². The van der Waals surface area contributed by atoms with E-state index in [9.17, 15) is 16.8 Å². The Labute approximate surface area is 292 Å². The van der Waals surface area contributed by atoms with Gasteiger partial charge in [0, 0.05) is 72.8 Å². The highest BCUT2D eigenvalue weighted by Gasteiger charge is 2.26. The van der Waals surface area contributed by atoms with Crippen molar-refractivity contribution in [2.45, 2.75) is 64.7 Å². The quantitative estimate of drug-likeness (QED) is 0.213. The zero-order valence-corrected chi connectivity index (χ0v) is 30.6. The lowest BCUT2D eigenvalue weighted by molar-refractivity contribution is 0.262. The number of sulfonamides is 1. The summed E-state index contributed by atoms with van der Waals surface area (Å²) in [5.41, 5.74) is 4.02. The van der Waals surface area contributed by atoms with Crippen LogP contribution < -0.4 is 16.0 Å². The summed E-state index contributed by atoms with van der Waals surface area (Å²) in [6.45, 7) is 8.45. The molecule has 0 saturated carbocycles. The van der Waals surface area contributed by atoms with Gasteiger partial charge in [-0.3, -0.25) is 19.3 Å². The average Bonchev–Trinajstić information content (AvgIpc) is 3.73. The molecular formula is C30H45ClN12O4S2. The molecule has 0 bridgehead atoms. The summed E-state index contributed by atoms with van der Waals surface area (Å²) in [5, 5.41) is 18.8. The van der Waals surface area contributed by atoms with Crippen molar-refractivity contribution in [3.8, 4) is 0 Å². The molecule has 268 valence electrons. The van der Waals surface area contributed by atoms with E-state index in [4.69, 9.17) is 0 Å². The van der Waals surface area contributed by atoms with Gasteiger partial charge in [0.05, 0.1) is 60.8 Å². The minimum Gasteiger partial charge on any atom is -0.365 e. The normalized spacial score (nSPS) is 16.2. The minimum absolute atomic E-state index is 0.246. The van der Waals surface area contributed by atoms with Crippen molar-refractivity contribution in [3.05, 3.63) is 72.1 Å². The van der Waals surface area contributed by atoms with Crippen LogP contribution in [0.15, 0.2) is 49.6 Å². The first kappa shape index (κ1) is 38.1. The molecule has 6 rings (SSSR count). The van der Waals surface area contributed by atoms with Gasteiger partial charge < -0.3 is 16.0 Å². The summed E-state index contributed by atoms with van der Waals surface area (Å²) in [6, 6.07) is 0.777. The van der Waals surface area contributed by atoms with Crippen LogP contribution in [0.25, 0.3) is 0 Å². The second-order valence-corrected chi connectivity index (χ2v) is 17.0. The zero-order chi connectivity index (χ0) is 35.4. The molecule has 2 aliphatic rings. The number of aromatic nitrogens is 8. The molecule has 3 N–H and O–H groups in total. The highest BCUT2D eigenvalue weighted by atomic mass is 35.7. The maximum Gasteiger partial charge on any atom is 0.229 e. The van der Waals surface area contributed by atoms with Gasteiger partial charge in [-0.25, -0.2) is 31.1 Å². The van der Waals surface area contributed by atoms with Gasteiger partial charge in [-0.05, 0) is 52.6 Å². The highest BCUT2D eigenvalue weighted by molar-refractivity contribution is 8.13. The van der Waals surface area contributed by atoms with Gasteiger partial charge in [0.15, 0.2) is 0 Å². The van der Waals surface area contributed by atoms with Crippen LogP contribution in [0.3, 0.4) is 0 Å². The van der Waals surface area contributed by atoms with Gasteiger partial charge in [-0.2, -0.15) is 10.2 Å². The Balaban J connectivity index is 0.000000197. The van der Waals surface area contributed by atoms with Crippen LogP contribution in [0.1, 0.15) is 60.3 Å². The third-order valence-electron chi connectivity index (χ3n) is 7.72. The van der Waals surface area contributed by atoms with Crippen LogP contribution in [-0.4, -0.2) is 99.3 Å². The number of nitrogens with zero attached hydrogens (tertiary/aromatic N) is 9. The van der Waals surface area contributed by atoms with Crippen molar-refractivity contribution >= 4 is 41.4 Å². The van der Waals surface area contributed by atoms with E-state index in [0.29, 0.717) is 25.7 Å². The largest absolute Gasteiger partial charge is 0.365 e. The Bertz CT molecular complexity index is 1830. The number of nitrogens with one attached hydrogen (secondary N) is 3. The molecule has 0 aromatic carbocycles. The first-order valence-corrected chi connectivity index (χ1v) is 20.5. The SMILES string of the molecule is CS(=O)(=O)Cl.Cc1cncc(NCc2cnn(C3CCN(S(C)(=O)=O)CC3)c2)n1.Cc1cncc(NCc2cnn(C3CCNCC3)c2)n1. The van der Waals surface area contributed by atoms with Gasteiger partial charge in [-0.1, -0.05) is 0 Å². The van der Waals surface area contributed by atoms with E-state index in [-0.39, 0.29) is 6.04 Å². The van der Waals surface area contributed by atoms with Crippen molar-refractivity contribution in [1.82, 2.24) is 49.1 Å². The molecular weight excluding hydrogens is 692 g/mol. The fraction of sp³-hybridized carbons (Fsp3) is 0.533. The number of piperidine rings is 2. The van der Waals surface area contributed by atoms with E-state index in [1.807, 2.05) is 37.1 Å². The predicted molar refractivity (Wildman–Crippen MR) is 189 cm³/mol. The van der Waals surface area contributed by atoms with Crippen LogP contribution in [0.5, 0.6) is 0 Å². The maximum atomic E-state index is 11.6. The van der Waals surface area contributed by atoms with E-state index < -0.39 is 19.1 Å². The number of hydrogen-bond acceptors (Lipinski definition) is 13. The van der Waals surface area contributed by atoms with Gasteiger partial charge in [0.2, 0.25) is 19.1 Å². The van der Waals surface area contributed by atoms with Crippen LogP contribution in [0.2, 0.25) is 0 Å². The van der Waals surface area contributed by atoms with Crippen LogP contribution in [0, 0.1) is 13.8 Å². The zero-order valence-electron chi connectivity index (χ0n) is 28.2. The molecule has 0 radical (unpaired) electrons. The predicted octanol–water partition coefficient (Wildman–Crippen LogP) is 2.89. The standard InChI is InChI=1S/C15H22N6O2S.C14H20N6.CH3ClO2S/c1-12-7-16-10-15(19-12)17-8-13-9-18-21(11-13)14-3-5-20(6-4-14)24(2,22)23;1-11-6-16-9-14(19-11)17-7-12-8-18-20(10-12)13-2-4-15-5-3-13;1-5(2,3)4/h7,9-11,14H,3-6,8H2,1-2H3,(H,17,19);6,8-10,13,15H,2-5,7H2,1H3,(H,17,19);1H3. The topological polar surface area (TPSA) is 195 Å². The molecule has 16 nitrogen and oxygen atoms in total. The summed E-state index contributed by atoms with van der Waals surface area (Å²) in [6.07, 6.45) is 20.9. The molecule has 0 aliphatic carbocycles. The highest BCUT2D eigenvalue weighted by Crippen LogP contribution is 2.24. The fourth-order valence-corrected chi connectivity index (χ4v) is 6.20. The smallest absolute Gasteiger partial charge is 0.229 e. The summed E-state index contributed by atoms with van der Waals surface area (Å²) in [5.74, 6) is 1.55. The Morgan fingerprint density at radius 1 is 0.735 bits per heavy atom. The van der Waals surface area contributed by atoms with Gasteiger partial charge in [0.25, 0.3) is 0 Å². The third-order valence-corrected chi connectivity index (χ3v) is 9.02. The minimum atomic E-state index is -3.19. The van der Waals surface area contributed by atoms with Crippen LogP contribution >= 0.6 is 10.7 Å². The third kappa shape index (κ3) is 13.6. The van der Waals surface area contributed by atoms with Crippen LogP contribution in [-0.2, 0) is 32.2 Å². The second kappa shape index (κ2) is 17.8. The van der Waals surface area contributed by atoms with Gasteiger partial charge in [-0.15, -0.1) is 0 Å². The molecule has 2 saturated heterocycles. The maximum absolute atomic E-state index is 11.6. The first-order valence-electron chi connectivity index (χ1n) is 15.9. The van der Waals surface area contributed by atoms with Crippen molar-refractivity contribution < 1.29 is 16.8 Å². The molecule has 0 amide bonds. The van der Waals surface area contributed by atoms with E-state index in [0.717, 1.165) is 80.2 Å². The number of rotatable bonds is 9. The molecule has 6 heterocycles. The van der Waals surface area contributed by atoms with Crippen molar-refractivity contribution in [3.63, 3.8) is 0 Å². The molecule has 2 fully saturated rings. The Hall–Kier alpha value is -3.71. The fourth-order valence-electron chi connectivity index (χ4n) is 5.33. The molecule has 19 heteroatoms. The van der Waals surface area contributed by atoms with E-state index >= 15 is 0 Å². The molecule has 49 heavy (non-hydrogen) atoms. The Kier molecular flexibility index (Phi) is 13.8. The molecule has 0 spiro atoms. The van der Waals surface area contributed by atoms with Gasteiger partial charge in [0.1, 0.15) is 11.6 Å². The first-order chi connectivity index (χ1) is 23.2.